The summed E-state index contributed by atoms with van der Waals surface area (Å²) in [5, 5.41) is 1.14. The second-order valence-electron chi connectivity index (χ2n) is 5.60. The van der Waals surface area contributed by atoms with Crippen molar-refractivity contribution in [2.45, 2.75) is 39.0 Å². The predicted molar refractivity (Wildman–Crippen MR) is 82.3 cm³/mol. The number of hydrogen-bond acceptors (Lipinski definition) is 4. The number of rotatable bonds is 6. The molecule has 1 atom stereocenters. The van der Waals surface area contributed by atoms with Gasteiger partial charge in [-0.2, -0.15) is 5.06 Å². The molecule has 0 aliphatic heterocycles. The second kappa shape index (κ2) is 7.81. The molecule has 1 aromatic carbocycles. The van der Waals surface area contributed by atoms with Crippen LogP contribution in [0.5, 0.6) is 0 Å². The molecule has 0 aromatic heterocycles. The fourth-order valence-electron chi connectivity index (χ4n) is 1.60. The van der Waals surface area contributed by atoms with Crippen molar-refractivity contribution < 1.29 is 14.4 Å². The predicted octanol–water partition coefficient (Wildman–Crippen LogP) is 2.87. The standard InChI is InChI=1S/C16H24N2O3/c1-5-14(11-17)18(15(19)21-16(2,3)4)20-12-13-9-7-6-8-10-13/h5-10,14H,1,11-12,17H2,2-4H3/t14-/m1/s1. The van der Waals surface area contributed by atoms with Crippen LogP contribution in [0.1, 0.15) is 26.3 Å². The zero-order valence-electron chi connectivity index (χ0n) is 12.9. The van der Waals surface area contributed by atoms with Gasteiger partial charge in [0.1, 0.15) is 12.2 Å². The molecule has 0 heterocycles. The highest BCUT2D eigenvalue weighted by Crippen LogP contribution is 2.14. The molecule has 5 heteroatoms. The monoisotopic (exact) mass is 292 g/mol. The number of ether oxygens (including phenoxy) is 1. The molecular formula is C16H24N2O3. The molecule has 2 N–H and O–H groups in total. The molecule has 5 nitrogen and oxygen atoms in total. The third kappa shape index (κ3) is 5.97. The Hall–Kier alpha value is -1.85. The van der Waals surface area contributed by atoms with Gasteiger partial charge in [0.15, 0.2) is 0 Å². The first-order chi connectivity index (χ1) is 9.87. The van der Waals surface area contributed by atoms with Crippen LogP contribution in [-0.4, -0.2) is 29.3 Å². The molecule has 1 rings (SSSR count). The number of amides is 1. The van der Waals surface area contributed by atoms with Gasteiger partial charge >= 0.3 is 6.09 Å². The summed E-state index contributed by atoms with van der Waals surface area (Å²) in [5.41, 5.74) is 6.00. The van der Waals surface area contributed by atoms with Crippen LogP contribution >= 0.6 is 0 Å². The number of nitrogens with zero attached hydrogens (tertiary/aromatic N) is 1. The fourth-order valence-corrected chi connectivity index (χ4v) is 1.60. The van der Waals surface area contributed by atoms with Crippen molar-refractivity contribution in [3.63, 3.8) is 0 Å². The fraction of sp³-hybridized carbons (Fsp3) is 0.438. The number of nitrogens with two attached hydrogens (primary N) is 1. The third-order valence-electron chi connectivity index (χ3n) is 2.60. The Labute approximate surface area is 126 Å². The number of benzene rings is 1. The Morgan fingerprint density at radius 1 is 1.38 bits per heavy atom. The molecule has 1 aromatic rings. The molecule has 0 radical (unpaired) electrons. The van der Waals surface area contributed by atoms with E-state index in [0.29, 0.717) is 0 Å². The van der Waals surface area contributed by atoms with Crippen LogP contribution in [0.2, 0.25) is 0 Å². The van der Waals surface area contributed by atoms with Gasteiger partial charge in [0.2, 0.25) is 0 Å². The lowest BCUT2D eigenvalue weighted by atomic mass is 10.2. The molecule has 0 bridgehead atoms. The first kappa shape index (κ1) is 17.2. The lowest BCUT2D eigenvalue weighted by Crippen LogP contribution is -2.45. The van der Waals surface area contributed by atoms with Crippen molar-refractivity contribution in [1.29, 1.82) is 0 Å². The second-order valence-corrected chi connectivity index (χ2v) is 5.60. The maximum atomic E-state index is 12.2. The largest absolute Gasteiger partial charge is 0.442 e. The SMILES string of the molecule is C=C[C@H](CN)N(OCc1ccccc1)C(=O)OC(C)(C)C. The van der Waals surface area contributed by atoms with Gasteiger partial charge < -0.3 is 10.5 Å². The first-order valence-corrected chi connectivity index (χ1v) is 6.89. The van der Waals surface area contributed by atoms with Gasteiger partial charge in [-0.3, -0.25) is 4.84 Å². The van der Waals surface area contributed by atoms with Crippen LogP contribution in [-0.2, 0) is 16.2 Å². The van der Waals surface area contributed by atoms with Gasteiger partial charge in [-0.15, -0.1) is 6.58 Å². The Morgan fingerprint density at radius 2 is 2.00 bits per heavy atom. The quantitative estimate of drug-likeness (QED) is 0.647. The molecule has 116 valence electrons. The zero-order chi connectivity index (χ0) is 15.9. The summed E-state index contributed by atoms with van der Waals surface area (Å²) in [6, 6.07) is 9.12. The van der Waals surface area contributed by atoms with Crippen LogP contribution in [0.25, 0.3) is 0 Å². The number of hydrogen-bond donors (Lipinski definition) is 1. The average Bonchev–Trinajstić information content (AvgIpc) is 2.42. The van der Waals surface area contributed by atoms with Crippen molar-refractivity contribution in [1.82, 2.24) is 5.06 Å². The molecular weight excluding hydrogens is 268 g/mol. The minimum atomic E-state index is -0.605. The highest BCUT2D eigenvalue weighted by molar-refractivity contribution is 5.67. The van der Waals surface area contributed by atoms with Crippen molar-refractivity contribution >= 4 is 6.09 Å². The van der Waals surface area contributed by atoms with Crippen LogP contribution < -0.4 is 5.73 Å². The van der Waals surface area contributed by atoms with E-state index in [0.717, 1.165) is 10.6 Å². The summed E-state index contributed by atoms with van der Waals surface area (Å²) in [5.74, 6) is 0. The summed E-state index contributed by atoms with van der Waals surface area (Å²) >= 11 is 0. The van der Waals surface area contributed by atoms with Crippen molar-refractivity contribution in [3.05, 3.63) is 48.6 Å². The van der Waals surface area contributed by atoms with Gasteiger partial charge in [-0.25, -0.2) is 4.79 Å². The van der Waals surface area contributed by atoms with E-state index in [4.69, 9.17) is 15.3 Å². The van der Waals surface area contributed by atoms with E-state index >= 15 is 0 Å². The first-order valence-electron chi connectivity index (χ1n) is 6.89. The molecule has 21 heavy (non-hydrogen) atoms. The molecule has 1 amide bonds. The molecule has 0 aliphatic rings. The van der Waals surface area contributed by atoms with E-state index in [1.165, 1.54) is 0 Å². The lowest BCUT2D eigenvalue weighted by Gasteiger charge is -2.30. The number of carbonyl (C=O) groups is 1. The zero-order valence-corrected chi connectivity index (χ0v) is 12.9. The number of carbonyl (C=O) groups excluding carboxylic acids is 1. The highest BCUT2D eigenvalue weighted by atomic mass is 16.7. The van der Waals surface area contributed by atoms with E-state index in [1.54, 1.807) is 26.8 Å². The minimum Gasteiger partial charge on any atom is -0.442 e. The van der Waals surface area contributed by atoms with Crippen molar-refractivity contribution in [3.8, 4) is 0 Å². The number of hydroxylamine groups is 2. The molecule has 0 aliphatic carbocycles. The van der Waals surface area contributed by atoms with Crippen molar-refractivity contribution in [2.24, 2.45) is 5.73 Å². The van der Waals surface area contributed by atoms with E-state index in [-0.39, 0.29) is 13.2 Å². The summed E-state index contributed by atoms with van der Waals surface area (Å²) in [4.78, 5) is 17.8. The molecule has 0 unspecified atom stereocenters. The maximum absolute atomic E-state index is 12.2. The molecule has 0 saturated carbocycles. The molecule has 0 spiro atoms. The Bertz CT molecular complexity index is 454. The topological polar surface area (TPSA) is 64.8 Å². The van der Waals surface area contributed by atoms with Gasteiger partial charge in [0, 0.05) is 6.54 Å². The van der Waals surface area contributed by atoms with E-state index in [1.807, 2.05) is 30.3 Å². The smallest absolute Gasteiger partial charge is 0.435 e. The van der Waals surface area contributed by atoms with Crippen LogP contribution in [0, 0.1) is 0 Å². The highest BCUT2D eigenvalue weighted by Gasteiger charge is 2.27. The molecule has 0 saturated heterocycles. The van der Waals surface area contributed by atoms with E-state index in [2.05, 4.69) is 6.58 Å². The minimum absolute atomic E-state index is 0.206. The molecule has 0 fully saturated rings. The summed E-state index contributed by atoms with van der Waals surface area (Å²) in [6.07, 6.45) is 0.989. The van der Waals surface area contributed by atoms with Crippen LogP contribution in [0.4, 0.5) is 4.79 Å². The summed E-state index contributed by atoms with van der Waals surface area (Å²) < 4.78 is 5.33. The van der Waals surface area contributed by atoms with E-state index < -0.39 is 17.7 Å². The summed E-state index contributed by atoms with van der Waals surface area (Å²) in [6.45, 7) is 9.53. The van der Waals surface area contributed by atoms with E-state index in [9.17, 15) is 4.79 Å². The Morgan fingerprint density at radius 3 is 2.48 bits per heavy atom. The van der Waals surface area contributed by atoms with Crippen molar-refractivity contribution in [2.75, 3.05) is 6.54 Å². The van der Waals surface area contributed by atoms with Gasteiger partial charge in [-0.05, 0) is 26.3 Å². The Kier molecular flexibility index (Phi) is 6.39. The third-order valence-corrected chi connectivity index (χ3v) is 2.60. The van der Waals surface area contributed by atoms with Gasteiger partial charge in [-0.1, -0.05) is 36.4 Å². The normalized spacial score (nSPS) is 12.6. The van der Waals surface area contributed by atoms with Crippen LogP contribution in [0.15, 0.2) is 43.0 Å². The van der Waals surface area contributed by atoms with Gasteiger partial charge in [0.25, 0.3) is 0 Å². The van der Waals surface area contributed by atoms with Gasteiger partial charge in [0.05, 0.1) is 6.04 Å². The maximum Gasteiger partial charge on any atom is 0.435 e. The summed E-state index contributed by atoms with van der Waals surface area (Å²) in [7, 11) is 0. The lowest BCUT2D eigenvalue weighted by molar-refractivity contribution is -0.169. The Balaban J connectivity index is 2.77. The van der Waals surface area contributed by atoms with Crippen LogP contribution in [0.3, 0.4) is 0 Å². The average molecular weight is 292 g/mol.